The molecule has 3 aliphatic rings. The second-order valence-corrected chi connectivity index (χ2v) is 5.02. The van der Waals surface area contributed by atoms with Crippen LogP contribution in [0.15, 0.2) is 0 Å². The number of hydrogen-bond acceptors (Lipinski definition) is 3. The van der Waals surface area contributed by atoms with Crippen molar-refractivity contribution in [2.24, 2.45) is 0 Å². The van der Waals surface area contributed by atoms with Crippen molar-refractivity contribution in [2.75, 3.05) is 32.8 Å². The molecule has 0 bridgehead atoms. The van der Waals surface area contributed by atoms with Gasteiger partial charge in [-0.2, -0.15) is 0 Å². The first-order valence-corrected chi connectivity index (χ1v) is 5.95. The molecule has 3 fully saturated rings. The molecule has 0 aromatic heterocycles. The lowest BCUT2D eigenvalue weighted by atomic mass is 10.1. The van der Waals surface area contributed by atoms with Crippen LogP contribution in [0.25, 0.3) is 0 Å². The zero-order chi connectivity index (χ0) is 9.43. The van der Waals surface area contributed by atoms with Gasteiger partial charge in [-0.05, 0) is 32.2 Å². The zero-order valence-corrected chi connectivity index (χ0v) is 10.0. The molecule has 2 heterocycles. The fourth-order valence-corrected chi connectivity index (χ4v) is 2.83. The minimum Gasteiger partial charge on any atom is -0.378 e. The molecule has 1 aliphatic carbocycles. The van der Waals surface area contributed by atoms with Crippen molar-refractivity contribution in [2.45, 2.75) is 37.3 Å². The van der Waals surface area contributed by atoms with Crippen LogP contribution in [-0.4, -0.2) is 49.3 Å². The molecule has 4 heteroatoms. The molecule has 88 valence electrons. The van der Waals surface area contributed by atoms with Crippen LogP contribution in [0.4, 0.5) is 0 Å². The van der Waals surface area contributed by atoms with Crippen LogP contribution >= 0.6 is 12.4 Å². The van der Waals surface area contributed by atoms with Crippen LogP contribution in [0.5, 0.6) is 0 Å². The van der Waals surface area contributed by atoms with Gasteiger partial charge < -0.3 is 10.1 Å². The minimum atomic E-state index is 0. The lowest BCUT2D eigenvalue weighted by Crippen LogP contribution is -2.51. The Kier molecular flexibility index (Phi) is 3.56. The standard InChI is InChI=1S/C11H20N2O.ClH/c1-2-10(12-5-1)8-13-6-7-14-9-11(13)3-4-11;/h10,12H,1-9H2;1H/t10-;/m0./s1. The van der Waals surface area contributed by atoms with E-state index in [0.717, 1.165) is 25.8 Å². The van der Waals surface area contributed by atoms with E-state index in [1.54, 1.807) is 0 Å². The van der Waals surface area contributed by atoms with E-state index in [0.29, 0.717) is 5.54 Å². The maximum Gasteiger partial charge on any atom is 0.0651 e. The summed E-state index contributed by atoms with van der Waals surface area (Å²) in [6.45, 7) is 5.55. The molecule has 0 amide bonds. The van der Waals surface area contributed by atoms with E-state index in [1.807, 2.05) is 0 Å². The predicted octanol–water partition coefficient (Wildman–Crippen LogP) is 1.02. The van der Waals surface area contributed by atoms with Gasteiger partial charge in [-0.3, -0.25) is 4.90 Å². The Morgan fingerprint density at radius 3 is 2.93 bits per heavy atom. The van der Waals surface area contributed by atoms with Crippen LogP contribution in [0.1, 0.15) is 25.7 Å². The average Bonchev–Trinajstić information content (AvgIpc) is 2.78. The normalized spacial score (nSPS) is 34.0. The molecule has 3 rings (SSSR count). The fourth-order valence-electron chi connectivity index (χ4n) is 2.83. The molecule has 3 nitrogen and oxygen atoms in total. The SMILES string of the molecule is C1CN[C@H](CN2CCOCC23CC3)C1.Cl. The summed E-state index contributed by atoms with van der Waals surface area (Å²) in [6, 6.07) is 0.755. The number of hydrogen-bond donors (Lipinski definition) is 1. The van der Waals surface area contributed by atoms with Crippen molar-refractivity contribution >= 4 is 12.4 Å². The predicted molar refractivity (Wildman–Crippen MR) is 62.6 cm³/mol. The van der Waals surface area contributed by atoms with Crippen molar-refractivity contribution < 1.29 is 4.74 Å². The molecular formula is C11H21ClN2O. The highest BCUT2D eigenvalue weighted by atomic mass is 35.5. The molecule has 0 aromatic carbocycles. The number of nitrogens with one attached hydrogen (secondary N) is 1. The summed E-state index contributed by atoms with van der Waals surface area (Å²) in [6.07, 6.45) is 5.45. The Balaban J connectivity index is 0.000000853. The lowest BCUT2D eigenvalue weighted by Gasteiger charge is -2.37. The van der Waals surface area contributed by atoms with Gasteiger partial charge >= 0.3 is 0 Å². The maximum atomic E-state index is 5.58. The van der Waals surface area contributed by atoms with Crippen LogP contribution in [0.2, 0.25) is 0 Å². The number of halogens is 1. The van der Waals surface area contributed by atoms with Crippen molar-refractivity contribution in [3.05, 3.63) is 0 Å². The molecule has 1 saturated carbocycles. The van der Waals surface area contributed by atoms with Gasteiger partial charge in [0.05, 0.1) is 13.2 Å². The van der Waals surface area contributed by atoms with Crippen LogP contribution in [0, 0.1) is 0 Å². The van der Waals surface area contributed by atoms with Crippen molar-refractivity contribution in [1.82, 2.24) is 10.2 Å². The number of morpholine rings is 1. The van der Waals surface area contributed by atoms with E-state index in [9.17, 15) is 0 Å². The topological polar surface area (TPSA) is 24.5 Å². The number of nitrogens with zero attached hydrogens (tertiary/aromatic N) is 1. The second kappa shape index (κ2) is 4.58. The fraction of sp³-hybridized carbons (Fsp3) is 1.00. The van der Waals surface area contributed by atoms with E-state index in [2.05, 4.69) is 10.2 Å². The zero-order valence-electron chi connectivity index (χ0n) is 9.21. The molecule has 1 atom stereocenters. The number of rotatable bonds is 2. The van der Waals surface area contributed by atoms with Crippen molar-refractivity contribution in [1.29, 1.82) is 0 Å². The summed E-state index contributed by atoms with van der Waals surface area (Å²) < 4.78 is 5.58. The van der Waals surface area contributed by atoms with E-state index < -0.39 is 0 Å². The third kappa shape index (κ3) is 2.31. The van der Waals surface area contributed by atoms with E-state index >= 15 is 0 Å². The lowest BCUT2D eigenvalue weighted by molar-refractivity contribution is -0.0233. The Hall–Kier alpha value is 0.170. The molecule has 2 aliphatic heterocycles. The van der Waals surface area contributed by atoms with Gasteiger partial charge in [-0.25, -0.2) is 0 Å². The van der Waals surface area contributed by atoms with Gasteiger partial charge in [0.25, 0.3) is 0 Å². The highest BCUT2D eigenvalue weighted by molar-refractivity contribution is 5.85. The Labute approximate surface area is 97.9 Å². The molecule has 0 radical (unpaired) electrons. The summed E-state index contributed by atoms with van der Waals surface area (Å²) >= 11 is 0. The summed E-state index contributed by atoms with van der Waals surface area (Å²) in [5, 5.41) is 3.59. The first-order chi connectivity index (χ1) is 6.89. The Bertz CT molecular complexity index is 215. The van der Waals surface area contributed by atoms with Gasteiger partial charge in [0.1, 0.15) is 0 Å². The Morgan fingerprint density at radius 2 is 2.27 bits per heavy atom. The van der Waals surface area contributed by atoms with E-state index in [1.165, 1.54) is 38.8 Å². The largest absolute Gasteiger partial charge is 0.378 e. The minimum absolute atomic E-state index is 0. The summed E-state index contributed by atoms with van der Waals surface area (Å²) in [5.74, 6) is 0. The van der Waals surface area contributed by atoms with Gasteiger partial charge in [0.2, 0.25) is 0 Å². The quantitative estimate of drug-likeness (QED) is 0.770. The van der Waals surface area contributed by atoms with E-state index in [-0.39, 0.29) is 12.4 Å². The summed E-state index contributed by atoms with van der Waals surface area (Å²) in [4.78, 5) is 2.68. The van der Waals surface area contributed by atoms with Crippen molar-refractivity contribution in [3.63, 3.8) is 0 Å². The first kappa shape index (κ1) is 11.6. The Morgan fingerprint density at radius 1 is 1.40 bits per heavy atom. The third-order valence-electron chi connectivity index (χ3n) is 3.98. The summed E-state index contributed by atoms with van der Waals surface area (Å²) in [7, 11) is 0. The van der Waals surface area contributed by atoms with Gasteiger partial charge in [-0.1, -0.05) is 0 Å². The molecule has 15 heavy (non-hydrogen) atoms. The van der Waals surface area contributed by atoms with Crippen molar-refractivity contribution in [3.8, 4) is 0 Å². The average molecular weight is 233 g/mol. The summed E-state index contributed by atoms with van der Waals surface area (Å²) in [5.41, 5.74) is 0.475. The van der Waals surface area contributed by atoms with E-state index in [4.69, 9.17) is 4.74 Å². The van der Waals surface area contributed by atoms with Crippen LogP contribution in [0.3, 0.4) is 0 Å². The highest BCUT2D eigenvalue weighted by Gasteiger charge is 2.50. The second-order valence-electron chi connectivity index (χ2n) is 5.02. The molecule has 2 saturated heterocycles. The maximum absolute atomic E-state index is 5.58. The molecule has 1 N–H and O–H groups in total. The third-order valence-corrected chi connectivity index (χ3v) is 3.98. The van der Waals surface area contributed by atoms with Crippen LogP contribution in [-0.2, 0) is 4.74 Å². The first-order valence-electron chi connectivity index (χ1n) is 5.95. The van der Waals surface area contributed by atoms with Crippen LogP contribution < -0.4 is 5.32 Å². The number of ether oxygens (including phenoxy) is 1. The monoisotopic (exact) mass is 232 g/mol. The molecule has 0 aromatic rings. The van der Waals surface area contributed by atoms with Gasteiger partial charge in [-0.15, -0.1) is 12.4 Å². The molecule has 0 unspecified atom stereocenters. The smallest absolute Gasteiger partial charge is 0.0651 e. The molecule has 1 spiro atoms. The molecular weight excluding hydrogens is 212 g/mol. The van der Waals surface area contributed by atoms with Gasteiger partial charge in [0.15, 0.2) is 0 Å². The highest BCUT2D eigenvalue weighted by Crippen LogP contribution is 2.43. The van der Waals surface area contributed by atoms with Gasteiger partial charge in [0, 0.05) is 24.7 Å².